The molecule has 0 saturated heterocycles. The van der Waals surface area contributed by atoms with Gasteiger partial charge in [-0.1, -0.05) is 18.2 Å². The molecule has 0 radical (unpaired) electrons. The number of nitrogens with one attached hydrogen (secondary N) is 1. The quantitative estimate of drug-likeness (QED) is 0.846. The molecule has 0 bridgehead atoms. The minimum Gasteiger partial charge on any atom is -0.382 e. The van der Waals surface area contributed by atoms with E-state index in [0.29, 0.717) is 12.0 Å². The molecule has 1 aliphatic carbocycles. The summed E-state index contributed by atoms with van der Waals surface area (Å²) < 4.78 is 2.39. The van der Waals surface area contributed by atoms with Gasteiger partial charge in [0.05, 0.1) is 10.2 Å². The van der Waals surface area contributed by atoms with Gasteiger partial charge in [-0.05, 0) is 49.8 Å². The normalized spacial score (nSPS) is 23.1. The largest absolute Gasteiger partial charge is 0.382 e. The van der Waals surface area contributed by atoms with Crippen LogP contribution >= 0.6 is 23.1 Å². The van der Waals surface area contributed by atoms with E-state index in [9.17, 15) is 0 Å². The predicted molar refractivity (Wildman–Crippen MR) is 85.2 cm³/mol. The second-order valence-corrected chi connectivity index (χ2v) is 7.13. The molecule has 0 amide bonds. The third-order valence-electron chi connectivity index (χ3n) is 3.86. The van der Waals surface area contributed by atoms with Crippen LogP contribution in [0.1, 0.15) is 19.3 Å². The highest BCUT2D eigenvalue weighted by atomic mass is 32.2. The highest BCUT2D eigenvalue weighted by Crippen LogP contribution is 2.32. The van der Waals surface area contributed by atoms with Gasteiger partial charge in [0, 0.05) is 11.7 Å². The lowest BCUT2D eigenvalue weighted by Gasteiger charge is -2.20. The minimum atomic E-state index is 0.537. The summed E-state index contributed by atoms with van der Waals surface area (Å²) in [5.74, 6) is 0.624. The van der Waals surface area contributed by atoms with E-state index >= 15 is 0 Å². The maximum absolute atomic E-state index is 5.84. The summed E-state index contributed by atoms with van der Waals surface area (Å²) in [6.45, 7) is 0.789. The summed E-state index contributed by atoms with van der Waals surface area (Å²) in [6.07, 6.45) is 5.85. The molecule has 19 heavy (non-hydrogen) atoms. The van der Waals surface area contributed by atoms with Crippen molar-refractivity contribution in [2.24, 2.45) is 11.7 Å². The van der Waals surface area contributed by atoms with Gasteiger partial charge in [0.15, 0.2) is 4.34 Å². The zero-order valence-corrected chi connectivity index (χ0v) is 12.7. The van der Waals surface area contributed by atoms with Crippen LogP contribution in [0.25, 0.3) is 10.2 Å². The molecule has 3 nitrogen and oxygen atoms in total. The van der Waals surface area contributed by atoms with Crippen molar-refractivity contribution < 1.29 is 0 Å². The first kappa shape index (κ1) is 13.2. The second kappa shape index (κ2) is 5.69. The Morgan fingerprint density at radius 1 is 1.47 bits per heavy atom. The Morgan fingerprint density at radius 2 is 2.37 bits per heavy atom. The Hall–Kier alpha value is -0.780. The third-order valence-corrected chi connectivity index (χ3v) is 5.86. The zero-order chi connectivity index (χ0) is 13.2. The van der Waals surface area contributed by atoms with Gasteiger partial charge in [-0.2, -0.15) is 0 Å². The fourth-order valence-electron chi connectivity index (χ4n) is 2.80. The van der Waals surface area contributed by atoms with Crippen LogP contribution in [0, 0.1) is 5.92 Å². The molecule has 3 N–H and O–H groups in total. The molecule has 5 heteroatoms. The zero-order valence-electron chi connectivity index (χ0n) is 11.1. The summed E-state index contributed by atoms with van der Waals surface area (Å²) in [5.41, 5.74) is 8.14. The minimum absolute atomic E-state index is 0.537. The molecule has 2 atom stereocenters. The number of anilines is 1. The first-order chi connectivity index (χ1) is 9.30. The van der Waals surface area contributed by atoms with E-state index in [0.717, 1.165) is 16.4 Å². The third kappa shape index (κ3) is 2.73. The summed E-state index contributed by atoms with van der Waals surface area (Å²) in [7, 11) is 0. The Kier molecular flexibility index (Phi) is 3.96. The highest BCUT2D eigenvalue weighted by molar-refractivity contribution is 8.00. The summed E-state index contributed by atoms with van der Waals surface area (Å²) in [4.78, 5) is 4.57. The number of hydrogen-bond donors (Lipinski definition) is 2. The van der Waals surface area contributed by atoms with Crippen LogP contribution < -0.4 is 11.1 Å². The van der Waals surface area contributed by atoms with Crippen molar-refractivity contribution >= 4 is 39.0 Å². The molecular weight excluding hydrogens is 274 g/mol. The first-order valence-corrected chi connectivity index (χ1v) is 8.75. The van der Waals surface area contributed by atoms with E-state index < -0.39 is 0 Å². The number of hydrogen-bond acceptors (Lipinski definition) is 5. The van der Waals surface area contributed by atoms with E-state index in [2.05, 4.69) is 34.8 Å². The maximum Gasteiger partial charge on any atom is 0.150 e. The molecule has 1 heterocycles. The standard InChI is InChI=1S/C14H19N3S2/c1-18-14-17-12-6-5-10(7-13(12)19-14)16-11-4-2-3-9(11)8-15/h5-7,9,11,16H,2-4,8,15H2,1H3. The molecule has 3 rings (SSSR count). The van der Waals surface area contributed by atoms with Crippen LogP contribution in [-0.2, 0) is 0 Å². The van der Waals surface area contributed by atoms with Crippen molar-refractivity contribution in [2.75, 3.05) is 18.1 Å². The molecule has 0 spiro atoms. The number of nitrogens with two attached hydrogens (primary N) is 1. The average molecular weight is 293 g/mol. The fraction of sp³-hybridized carbons (Fsp3) is 0.500. The van der Waals surface area contributed by atoms with Gasteiger partial charge in [0.25, 0.3) is 0 Å². The van der Waals surface area contributed by atoms with E-state index in [-0.39, 0.29) is 0 Å². The van der Waals surface area contributed by atoms with Crippen LogP contribution in [0.5, 0.6) is 0 Å². The van der Waals surface area contributed by atoms with E-state index in [4.69, 9.17) is 5.73 Å². The van der Waals surface area contributed by atoms with Gasteiger partial charge < -0.3 is 11.1 Å². The Morgan fingerprint density at radius 3 is 3.16 bits per heavy atom. The van der Waals surface area contributed by atoms with Gasteiger partial charge in [-0.25, -0.2) is 4.98 Å². The monoisotopic (exact) mass is 293 g/mol. The molecular formula is C14H19N3S2. The predicted octanol–water partition coefficient (Wildman–Crippen LogP) is 3.56. The van der Waals surface area contributed by atoms with Gasteiger partial charge in [0.1, 0.15) is 0 Å². The van der Waals surface area contributed by atoms with Crippen LogP contribution in [0.15, 0.2) is 22.5 Å². The maximum atomic E-state index is 5.84. The Labute approximate surface area is 122 Å². The highest BCUT2D eigenvalue weighted by Gasteiger charge is 2.25. The van der Waals surface area contributed by atoms with E-state index in [1.807, 2.05) is 0 Å². The van der Waals surface area contributed by atoms with Gasteiger partial charge in [-0.15, -0.1) is 11.3 Å². The number of benzene rings is 1. The molecule has 102 valence electrons. The van der Waals surface area contributed by atoms with Crippen molar-refractivity contribution in [1.29, 1.82) is 0 Å². The number of nitrogens with zero attached hydrogens (tertiary/aromatic N) is 1. The molecule has 2 unspecified atom stereocenters. The topological polar surface area (TPSA) is 50.9 Å². The fourth-order valence-corrected chi connectivity index (χ4v) is 4.33. The molecule has 1 aromatic carbocycles. The smallest absolute Gasteiger partial charge is 0.150 e. The molecule has 1 aliphatic rings. The summed E-state index contributed by atoms with van der Waals surface area (Å²) in [6, 6.07) is 7.01. The SMILES string of the molecule is CSc1nc2ccc(NC3CCCC3CN)cc2s1. The van der Waals surface area contributed by atoms with Crippen molar-refractivity contribution in [3.63, 3.8) is 0 Å². The van der Waals surface area contributed by atoms with Crippen molar-refractivity contribution in [2.45, 2.75) is 29.6 Å². The number of thiazole rings is 1. The van der Waals surface area contributed by atoms with Gasteiger partial charge in [0.2, 0.25) is 0 Å². The molecule has 2 aromatic rings. The molecule has 0 aliphatic heterocycles. The lowest BCUT2D eigenvalue weighted by atomic mass is 10.0. The lowest BCUT2D eigenvalue weighted by molar-refractivity contribution is 0.517. The lowest BCUT2D eigenvalue weighted by Crippen LogP contribution is -2.29. The molecule has 1 fully saturated rings. The van der Waals surface area contributed by atoms with Crippen LogP contribution in [0.2, 0.25) is 0 Å². The molecule has 1 saturated carbocycles. The van der Waals surface area contributed by atoms with Crippen molar-refractivity contribution in [3.8, 4) is 0 Å². The van der Waals surface area contributed by atoms with Crippen LogP contribution in [-0.4, -0.2) is 23.8 Å². The second-order valence-electron chi connectivity index (χ2n) is 5.04. The molecule has 1 aromatic heterocycles. The number of aromatic nitrogens is 1. The average Bonchev–Trinajstić information content (AvgIpc) is 3.03. The Balaban J connectivity index is 1.81. The van der Waals surface area contributed by atoms with Crippen molar-refractivity contribution in [1.82, 2.24) is 4.98 Å². The van der Waals surface area contributed by atoms with Gasteiger partial charge >= 0.3 is 0 Å². The van der Waals surface area contributed by atoms with Crippen LogP contribution in [0.4, 0.5) is 5.69 Å². The summed E-state index contributed by atoms with van der Waals surface area (Å²) in [5, 5.41) is 3.65. The Bertz CT molecular complexity index is 567. The number of fused-ring (bicyclic) bond motifs is 1. The van der Waals surface area contributed by atoms with Crippen LogP contribution in [0.3, 0.4) is 0 Å². The number of thioether (sulfide) groups is 1. The number of rotatable bonds is 4. The first-order valence-electron chi connectivity index (χ1n) is 6.71. The van der Waals surface area contributed by atoms with Gasteiger partial charge in [-0.3, -0.25) is 0 Å². The van der Waals surface area contributed by atoms with E-state index in [1.54, 1.807) is 23.1 Å². The van der Waals surface area contributed by atoms with E-state index in [1.165, 1.54) is 29.6 Å². The van der Waals surface area contributed by atoms with Crippen molar-refractivity contribution in [3.05, 3.63) is 18.2 Å². The summed E-state index contributed by atoms with van der Waals surface area (Å²) >= 11 is 3.47.